The first-order chi connectivity index (χ1) is 22.9. The number of benzene rings is 1. The van der Waals surface area contributed by atoms with E-state index in [0.717, 1.165) is 5.56 Å². The van der Waals surface area contributed by atoms with Gasteiger partial charge in [0.2, 0.25) is 0 Å². The molecule has 2 aliphatic heterocycles. The van der Waals surface area contributed by atoms with Gasteiger partial charge in [-0.1, -0.05) is 36.4 Å². The Morgan fingerprint density at radius 3 is 2.33 bits per heavy atom. The van der Waals surface area contributed by atoms with E-state index in [1.54, 1.807) is 19.1 Å². The van der Waals surface area contributed by atoms with E-state index in [-0.39, 0.29) is 25.0 Å². The maximum Gasteiger partial charge on any atom is 0.330 e. The molecule has 0 amide bonds. The Bertz CT molecular complexity index is 1940. The maximum absolute atomic E-state index is 13.0. The number of ether oxygens (including phenoxy) is 3. The third kappa shape index (κ3) is 8.25. The van der Waals surface area contributed by atoms with Gasteiger partial charge in [0.25, 0.3) is 17.8 Å². The van der Waals surface area contributed by atoms with Crippen LogP contribution in [0, 0.1) is 13.8 Å². The molecule has 0 radical (unpaired) electrons. The van der Waals surface area contributed by atoms with Crippen LogP contribution < -0.4 is 27.6 Å². The first kappa shape index (κ1) is 35.5. The number of rotatable bonds is 13. The monoisotopic (exact) mass is 705 g/mol. The molecule has 2 aromatic heterocycles. The zero-order chi connectivity index (χ0) is 34.6. The Kier molecular flexibility index (Phi) is 11.2. The summed E-state index contributed by atoms with van der Waals surface area (Å²) in [5.41, 5.74) is -0.986. The number of esters is 1. The molecular weight excluding hydrogens is 669 g/mol. The largest absolute Gasteiger partial charge is 0.468 e. The molecule has 0 saturated carbocycles. The smallest absolute Gasteiger partial charge is 0.330 e. The van der Waals surface area contributed by atoms with Gasteiger partial charge in [0, 0.05) is 29.9 Å². The molecule has 16 nitrogen and oxygen atoms in total. The van der Waals surface area contributed by atoms with Gasteiger partial charge in [-0.05, 0) is 43.7 Å². The Hall–Kier alpha value is -3.80. The lowest BCUT2D eigenvalue weighted by molar-refractivity contribution is -0.142. The number of carbonyl (C=O) groups excluding carboxylic acids is 1. The van der Waals surface area contributed by atoms with Crippen molar-refractivity contribution in [3.63, 3.8) is 0 Å². The predicted octanol–water partition coefficient (Wildman–Crippen LogP) is 0.437. The van der Waals surface area contributed by atoms with Gasteiger partial charge >= 0.3 is 17.3 Å². The van der Waals surface area contributed by atoms with Gasteiger partial charge in [0.05, 0.1) is 26.4 Å². The van der Waals surface area contributed by atoms with E-state index in [1.807, 2.05) is 30.3 Å². The molecule has 4 N–H and O–H groups in total. The number of hydrogen-bond acceptors (Lipinski definition) is 12. The quantitative estimate of drug-likeness (QED) is 0.108. The van der Waals surface area contributed by atoms with E-state index in [0.29, 0.717) is 5.56 Å². The van der Waals surface area contributed by atoms with Gasteiger partial charge in [-0.15, -0.1) is 0 Å². The van der Waals surface area contributed by atoms with Crippen molar-refractivity contribution in [1.82, 2.24) is 24.2 Å². The number of aromatic amines is 2. The van der Waals surface area contributed by atoms with E-state index in [4.69, 9.17) is 35.1 Å². The first-order valence-electron chi connectivity index (χ1n) is 15.0. The summed E-state index contributed by atoms with van der Waals surface area (Å²) in [6, 6.07) is 8.15. The number of carbonyl (C=O) groups is 1. The molecule has 18 heteroatoms. The van der Waals surface area contributed by atoms with Crippen LogP contribution in [0.1, 0.15) is 35.6 Å². The molecule has 4 heterocycles. The minimum absolute atomic E-state index is 0.0397. The Labute approximate surface area is 278 Å². The predicted molar refractivity (Wildman–Crippen MR) is 175 cm³/mol. The van der Waals surface area contributed by atoms with Crippen molar-refractivity contribution in [3.05, 3.63) is 113 Å². The van der Waals surface area contributed by atoms with Gasteiger partial charge in [-0.25, -0.2) is 14.7 Å². The van der Waals surface area contributed by atoms with Crippen molar-refractivity contribution in [2.45, 2.75) is 63.5 Å². The van der Waals surface area contributed by atoms with Crippen LogP contribution in [-0.4, -0.2) is 74.9 Å². The number of nitrogens with zero attached hydrogens (tertiary/aromatic N) is 2. The lowest BCUT2D eigenvalue weighted by Crippen LogP contribution is -2.40. The molecule has 1 saturated heterocycles. The van der Waals surface area contributed by atoms with Gasteiger partial charge in [0.1, 0.15) is 24.5 Å². The second-order valence-corrected chi connectivity index (χ2v) is 14.5. The van der Waals surface area contributed by atoms with Crippen LogP contribution in [0.4, 0.5) is 0 Å². The summed E-state index contributed by atoms with van der Waals surface area (Å²) in [5, 5.41) is 13.2. The molecule has 5 rings (SSSR count). The number of aryl methyl sites for hydroxylation is 2. The summed E-state index contributed by atoms with van der Waals surface area (Å²) < 4.78 is 32.0. The first-order valence-corrected chi connectivity index (χ1v) is 17.6. The maximum atomic E-state index is 13.0. The highest BCUT2D eigenvalue weighted by atomic mass is 32.5. The fraction of sp³-hybridized carbons (Fsp3) is 0.433. The van der Waals surface area contributed by atoms with Crippen LogP contribution in [0.3, 0.4) is 0 Å². The fourth-order valence-corrected chi connectivity index (χ4v) is 7.87. The summed E-state index contributed by atoms with van der Waals surface area (Å²) in [5.74, 6) is -0.625. The number of methoxy groups -OCH3 is 1. The molecule has 0 spiro atoms. The lowest BCUT2D eigenvalue weighted by Gasteiger charge is -2.31. The van der Waals surface area contributed by atoms with Gasteiger partial charge in [-0.2, -0.15) is 0 Å². The Balaban J connectivity index is 1.38. The molecule has 3 aromatic rings. The second kappa shape index (κ2) is 15.2. The van der Waals surface area contributed by atoms with E-state index in [1.165, 1.54) is 35.6 Å². The zero-order valence-electron chi connectivity index (χ0n) is 26.3. The van der Waals surface area contributed by atoms with Crippen molar-refractivity contribution in [3.8, 4) is 0 Å². The van der Waals surface area contributed by atoms with Gasteiger partial charge in [0.15, 0.2) is 6.23 Å². The number of aromatic nitrogens is 4. The summed E-state index contributed by atoms with van der Waals surface area (Å²) >= 11 is 5.95. The van der Waals surface area contributed by atoms with Crippen LogP contribution in [0.5, 0.6) is 0 Å². The molecule has 1 fully saturated rings. The van der Waals surface area contributed by atoms with Gasteiger partial charge in [-0.3, -0.25) is 33.5 Å². The zero-order valence-corrected chi connectivity index (χ0v) is 28.0. The highest BCUT2D eigenvalue weighted by Gasteiger charge is 2.42. The number of H-pyrrole nitrogens is 2. The van der Waals surface area contributed by atoms with E-state index in [2.05, 4.69) is 15.1 Å². The van der Waals surface area contributed by atoms with Crippen molar-refractivity contribution in [1.29, 1.82) is 0 Å². The molecule has 7 atom stereocenters. The third-order valence-electron chi connectivity index (χ3n) is 7.81. The summed E-state index contributed by atoms with van der Waals surface area (Å²) in [6.07, 6.45) is 1.92. The fourth-order valence-electron chi connectivity index (χ4n) is 5.28. The normalized spacial score (nSPS) is 24.0. The van der Waals surface area contributed by atoms with Crippen LogP contribution in [0.25, 0.3) is 0 Å². The van der Waals surface area contributed by atoms with Crippen LogP contribution in [0.15, 0.2) is 74.1 Å². The lowest BCUT2D eigenvalue weighted by atomic mass is 10.1. The molecular formula is C30H36N5O11PS. The van der Waals surface area contributed by atoms with Crippen molar-refractivity contribution < 1.29 is 33.2 Å². The Morgan fingerprint density at radius 1 is 1.04 bits per heavy atom. The highest BCUT2D eigenvalue weighted by Crippen LogP contribution is 2.50. The van der Waals surface area contributed by atoms with Crippen molar-refractivity contribution in [2.24, 2.45) is 0 Å². The minimum Gasteiger partial charge on any atom is -0.468 e. The molecule has 258 valence electrons. The summed E-state index contributed by atoms with van der Waals surface area (Å²) in [7, 11) is 1.24. The van der Waals surface area contributed by atoms with Crippen LogP contribution >= 0.6 is 6.64 Å². The summed E-state index contributed by atoms with van der Waals surface area (Å²) in [6.45, 7) is -1.25. The van der Waals surface area contributed by atoms with Crippen molar-refractivity contribution >= 4 is 24.4 Å². The van der Waals surface area contributed by atoms with Crippen LogP contribution in [-0.2, 0) is 46.3 Å². The molecule has 1 aromatic carbocycles. The molecule has 48 heavy (non-hydrogen) atoms. The second-order valence-electron chi connectivity index (χ2n) is 11.3. The number of nitrogens with one attached hydrogen (secondary N) is 3. The topological polar surface area (TPSA) is 205 Å². The highest BCUT2D eigenvalue weighted by molar-refractivity contribution is 8.09. The van der Waals surface area contributed by atoms with E-state index >= 15 is 0 Å². The molecule has 0 aliphatic carbocycles. The standard InChI is InChI=1S/C30H36N5O11PS/c1-17-13-34(29(40)31-26(17)37)24-10-9-20(44-24)16-43-47(48,33-21(28(39)42-3)11-19-7-5-4-6-8-19)46-22-12-25(45-23(22)15-36)35-14-18(2)27(38)32-30(35)41/h4-10,13-14,20-25,36H,11-12,15-16H2,1-3H3,(H,33,48)(H,31,37,40)(H,32,38,41)/t20-,21-,22-,23+,24+,25+,47?/m0/s1. The third-order valence-corrected chi connectivity index (χ3v) is 10.4. The average molecular weight is 706 g/mol. The molecule has 0 bridgehead atoms. The van der Waals surface area contributed by atoms with Gasteiger partial charge < -0.3 is 28.4 Å². The van der Waals surface area contributed by atoms with Crippen LogP contribution in [0.2, 0.25) is 0 Å². The number of aliphatic hydroxyl groups excluding tert-OH is 1. The van der Waals surface area contributed by atoms with E-state index in [9.17, 15) is 29.1 Å². The molecule has 1 unspecified atom stereocenters. The molecule has 2 aliphatic rings. The number of hydrogen-bond donors (Lipinski definition) is 4. The minimum atomic E-state index is -3.68. The van der Waals surface area contributed by atoms with Crippen molar-refractivity contribution in [2.75, 3.05) is 20.3 Å². The average Bonchev–Trinajstić information content (AvgIpc) is 3.70. The SMILES string of the molecule is COC(=O)[C@H](Cc1ccccc1)NP(=S)(OC[C@@H]1C=C[C@H](n2cc(C)c(=O)[nH]c2=O)O1)O[C@H]1C[C@H](n2cc(C)c(=O)[nH]c2=O)O[C@@H]1CO. The van der Waals surface area contributed by atoms with E-state index < -0.39 is 78.5 Å². The number of aliphatic hydroxyl groups is 1. The Morgan fingerprint density at radius 2 is 1.69 bits per heavy atom. The summed E-state index contributed by atoms with van der Waals surface area (Å²) in [4.78, 5) is 66.2.